The highest BCUT2D eigenvalue weighted by molar-refractivity contribution is 5.82. The fourth-order valence-corrected chi connectivity index (χ4v) is 7.69. The van der Waals surface area contributed by atoms with Crippen molar-refractivity contribution in [2.24, 2.45) is 0 Å². The van der Waals surface area contributed by atoms with E-state index in [2.05, 4.69) is 38.2 Å². The molecule has 0 bridgehead atoms. The van der Waals surface area contributed by atoms with Gasteiger partial charge in [-0.1, -0.05) is 153 Å². The highest BCUT2D eigenvalue weighted by Crippen LogP contribution is 2.26. The molecule has 2 heterocycles. The summed E-state index contributed by atoms with van der Waals surface area (Å²) in [5.41, 5.74) is 0. The van der Waals surface area contributed by atoms with E-state index < -0.39 is 99.3 Å². The number of unbranched alkanes of at least 4 members (excludes halogenated alkanes) is 19. The lowest BCUT2D eigenvalue weighted by atomic mass is 9.98. The van der Waals surface area contributed by atoms with Crippen molar-refractivity contribution < 1.29 is 73.8 Å². The summed E-state index contributed by atoms with van der Waals surface area (Å²) in [6.45, 7) is 2.42. The van der Waals surface area contributed by atoms with Gasteiger partial charge in [0.25, 0.3) is 0 Å². The molecular formula is C51H88O15. The normalized spacial score (nSPS) is 26.6. The molecule has 0 spiro atoms. The maximum Gasteiger partial charge on any atom is 0.330 e. The van der Waals surface area contributed by atoms with Crippen LogP contribution in [0, 0.1) is 0 Å². The third kappa shape index (κ3) is 26.3. The highest BCUT2D eigenvalue weighted by atomic mass is 16.7. The molecule has 0 aliphatic carbocycles. The largest absolute Gasteiger partial charge is 0.458 e. The number of aliphatic hydroxyl groups excluding tert-OH is 7. The Morgan fingerprint density at radius 3 is 1.61 bits per heavy atom. The van der Waals surface area contributed by atoms with E-state index in [1.807, 2.05) is 6.08 Å². The van der Waals surface area contributed by atoms with Crippen LogP contribution in [0.15, 0.2) is 48.6 Å². The van der Waals surface area contributed by atoms with Gasteiger partial charge in [0.05, 0.1) is 19.8 Å². The average molecular weight is 941 g/mol. The monoisotopic (exact) mass is 941 g/mol. The maximum absolute atomic E-state index is 13.0. The van der Waals surface area contributed by atoms with Crippen LogP contribution in [0.25, 0.3) is 0 Å². The Hall–Kier alpha value is -2.54. The zero-order valence-corrected chi connectivity index (χ0v) is 40.2. The summed E-state index contributed by atoms with van der Waals surface area (Å²) in [6.07, 6.45) is 24.8. The molecule has 66 heavy (non-hydrogen) atoms. The quantitative estimate of drug-likeness (QED) is 0.0112. The fourth-order valence-electron chi connectivity index (χ4n) is 7.69. The first-order valence-electron chi connectivity index (χ1n) is 25.3. The Morgan fingerprint density at radius 2 is 1.02 bits per heavy atom. The Kier molecular flexibility index (Phi) is 34.6. The summed E-state index contributed by atoms with van der Waals surface area (Å²) in [5, 5.41) is 72.0. The van der Waals surface area contributed by atoms with E-state index in [1.165, 1.54) is 89.5 Å². The standard InChI is InChI=1S/C51H88O15/c1-3-5-7-9-11-13-15-17-19-21-23-25-27-29-31-33-42(53)61-36-39(64-43(54)34-32-30-28-26-24-22-20-18-16-14-12-10-8-6-4-2)37-62-50-49(60)47(58)45(56)41(66-50)38-63-51-48(59)46(57)44(55)40(35-52)65-51/h12,14,18,20,27,29,31,33,39-41,44-52,55-60H,3-11,13,15-17,19,21-26,28,30,32,34-38H2,1-2H3/b14-12+,20-18+,29-27+,33-31+/t39-,40-,41-,44+,45+,46?,47?,48?,49?,50-,51-/m1/s1. The van der Waals surface area contributed by atoms with Crippen LogP contribution >= 0.6 is 0 Å². The molecule has 0 amide bonds. The molecule has 0 radical (unpaired) electrons. The van der Waals surface area contributed by atoms with Gasteiger partial charge in [-0.05, 0) is 51.4 Å². The molecule has 2 rings (SSSR count). The van der Waals surface area contributed by atoms with Crippen molar-refractivity contribution in [3.05, 3.63) is 48.6 Å². The topological polar surface area (TPSA) is 231 Å². The van der Waals surface area contributed by atoms with E-state index in [0.29, 0.717) is 6.42 Å². The second-order valence-corrected chi connectivity index (χ2v) is 17.7. The summed E-state index contributed by atoms with van der Waals surface area (Å²) in [5.74, 6) is -1.19. The van der Waals surface area contributed by atoms with E-state index in [4.69, 9.17) is 28.4 Å². The van der Waals surface area contributed by atoms with Crippen molar-refractivity contribution in [1.29, 1.82) is 0 Å². The molecule has 2 saturated heterocycles. The Labute approximate surface area is 395 Å². The summed E-state index contributed by atoms with van der Waals surface area (Å²) in [6, 6.07) is 0. The summed E-state index contributed by atoms with van der Waals surface area (Å²) in [4.78, 5) is 25.6. The van der Waals surface area contributed by atoms with Crippen LogP contribution in [0.3, 0.4) is 0 Å². The Morgan fingerprint density at radius 1 is 0.530 bits per heavy atom. The number of esters is 2. The molecule has 11 atom stereocenters. The lowest BCUT2D eigenvalue weighted by molar-refractivity contribution is -0.332. The van der Waals surface area contributed by atoms with Crippen molar-refractivity contribution in [2.75, 3.05) is 26.4 Å². The smallest absolute Gasteiger partial charge is 0.330 e. The van der Waals surface area contributed by atoms with Crippen molar-refractivity contribution in [3.8, 4) is 0 Å². The van der Waals surface area contributed by atoms with Gasteiger partial charge >= 0.3 is 11.9 Å². The number of carbonyl (C=O) groups is 2. The molecular weight excluding hydrogens is 853 g/mol. The molecule has 382 valence electrons. The number of rotatable bonds is 38. The summed E-state index contributed by atoms with van der Waals surface area (Å²) < 4.78 is 33.3. The molecule has 0 aromatic heterocycles. The highest BCUT2D eigenvalue weighted by Gasteiger charge is 2.47. The van der Waals surface area contributed by atoms with E-state index in [0.717, 1.165) is 57.8 Å². The Bertz CT molecular complexity index is 1340. The molecule has 15 heteroatoms. The van der Waals surface area contributed by atoms with Crippen molar-refractivity contribution in [3.63, 3.8) is 0 Å². The third-order valence-corrected chi connectivity index (χ3v) is 11.9. The van der Waals surface area contributed by atoms with Crippen LogP contribution in [0.1, 0.15) is 168 Å². The lowest BCUT2D eigenvalue weighted by Crippen LogP contribution is -2.61. The van der Waals surface area contributed by atoms with Gasteiger partial charge in [-0.25, -0.2) is 4.79 Å². The predicted octanol–water partition coefficient (Wildman–Crippen LogP) is 6.71. The summed E-state index contributed by atoms with van der Waals surface area (Å²) in [7, 11) is 0. The van der Waals surface area contributed by atoms with Gasteiger partial charge in [-0.2, -0.15) is 0 Å². The molecule has 4 unspecified atom stereocenters. The predicted molar refractivity (Wildman–Crippen MR) is 252 cm³/mol. The summed E-state index contributed by atoms with van der Waals surface area (Å²) >= 11 is 0. The van der Waals surface area contributed by atoms with E-state index in [1.54, 1.807) is 12.2 Å². The fraction of sp³-hybridized carbons (Fsp3) is 0.804. The SMILES string of the molecule is CCCCC/C=C/C/C=C/CCCCCCCC(=O)O[C@H](COC(=O)/C=C/C=C/CCCCCCCCCCCCC)CO[C@@H]1O[C@H](CO[C@@H]2O[C@H](CO)[C@H](O)C(O)C2O)[C@H](O)C(O)C1O. The molecule has 0 aromatic rings. The van der Waals surface area contributed by atoms with E-state index in [-0.39, 0.29) is 13.0 Å². The zero-order chi connectivity index (χ0) is 48.2. The Balaban J connectivity index is 1.86. The molecule has 0 aromatic carbocycles. The minimum atomic E-state index is -1.78. The molecule has 2 aliphatic heterocycles. The average Bonchev–Trinajstić information content (AvgIpc) is 3.31. The first-order chi connectivity index (χ1) is 32.0. The van der Waals surface area contributed by atoms with E-state index in [9.17, 15) is 45.3 Å². The van der Waals surface area contributed by atoms with Gasteiger partial charge in [-0.15, -0.1) is 0 Å². The molecule has 2 fully saturated rings. The third-order valence-electron chi connectivity index (χ3n) is 11.9. The van der Waals surface area contributed by atoms with Gasteiger partial charge in [-0.3, -0.25) is 4.79 Å². The number of hydrogen-bond acceptors (Lipinski definition) is 15. The second-order valence-electron chi connectivity index (χ2n) is 17.7. The number of allylic oxidation sites excluding steroid dienone is 7. The minimum Gasteiger partial charge on any atom is -0.458 e. The van der Waals surface area contributed by atoms with Crippen molar-refractivity contribution in [1.82, 2.24) is 0 Å². The van der Waals surface area contributed by atoms with Crippen molar-refractivity contribution >= 4 is 11.9 Å². The number of carbonyl (C=O) groups excluding carboxylic acids is 2. The van der Waals surface area contributed by atoms with Crippen LogP contribution in [0.2, 0.25) is 0 Å². The minimum absolute atomic E-state index is 0.129. The second kappa shape index (κ2) is 38.3. The zero-order valence-electron chi connectivity index (χ0n) is 40.2. The van der Waals surface area contributed by atoms with Crippen LogP contribution in [0.4, 0.5) is 0 Å². The molecule has 0 saturated carbocycles. The molecule has 7 N–H and O–H groups in total. The first kappa shape index (κ1) is 59.6. The van der Waals surface area contributed by atoms with Crippen molar-refractivity contribution in [2.45, 2.75) is 235 Å². The van der Waals surface area contributed by atoms with Gasteiger partial charge in [0, 0.05) is 12.5 Å². The lowest BCUT2D eigenvalue weighted by Gasteiger charge is -2.42. The van der Waals surface area contributed by atoms with Crippen LogP contribution in [-0.4, -0.2) is 142 Å². The first-order valence-corrected chi connectivity index (χ1v) is 25.3. The van der Waals surface area contributed by atoms with Crippen LogP contribution in [0.5, 0.6) is 0 Å². The van der Waals surface area contributed by atoms with Gasteiger partial charge in [0.1, 0.15) is 55.4 Å². The van der Waals surface area contributed by atoms with Crippen LogP contribution < -0.4 is 0 Å². The van der Waals surface area contributed by atoms with Gasteiger partial charge in [0.15, 0.2) is 18.7 Å². The molecule has 15 nitrogen and oxygen atoms in total. The van der Waals surface area contributed by atoms with Crippen LogP contribution in [-0.2, 0) is 38.0 Å². The molecule has 2 aliphatic rings. The maximum atomic E-state index is 13.0. The number of hydrogen-bond donors (Lipinski definition) is 7. The number of ether oxygens (including phenoxy) is 6. The number of aliphatic hydroxyl groups is 7. The van der Waals surface area contributed by atoms with E-state index >= 15 is 0 Å². The van der Waals surface area contributed by atoms with Gasteiger partial charge in [0.2, 0.25) is 0 Å². The van der Waals surface area contributed by atoms with Gasteiger partial charge < -0.3 is 64.2 Å².